The minimum atomic E-state index is -0.109. The zero-order chi connectivity index (χ0) is 9.68. The Bertz CT molecular complexity index is 168. The Morgan fingerprint density at radius 1 is 1.38 bits per heavy atom. The maximum absolute atomic E-state index is 10.9. The van der Waals surface area contributed by atoms with Crippen LogP contribution in [0, 0.1) is 5.92 Å². The smallest absolute Gasteiger partial charge is 0.305 e. The molecule has 1 fully saturated rings. The number of methoxy groups -OCH3 is 2. The summed E-state index contributed by atoms with van der Waals surface area (Å²) in [5, 5.41) is 0. The molecular formula is C10H18O3. The summed E-state index contributed by atoms with van der Waals surface area (Å²) in [6.07, 6.45) is 5.36. The van der Waals surface area contributed by atoms with E-state index in [4.69, 9.17) is 4.74 Å². The molecule has 13 heavy (non-hydrogen) atoms. The first-order valence-corrected chi connectivity index (χ1v) is 4.87. The fraction of sp³-hybridized carbons (Fsp3) is 0.900. The molecule has 1 aliphatic rings. The molecule has 0 radical (unpaired) electrons. The maximum atomic E-state index is 10.9. The Balaban J connectivity index is 2.23. The highest BCUT2D eigenvalue weighted by Crippen LogP contribution is 2.31. The molecule has 2 atom stereocenters. The fourth-order valence-corrected chi connectivity index (χ4v) is 2.05. The van der Waals surface area contributed by atoms with Crippen molar-refractivity contribution in [3.05, 3.63) is 0 Å². The first-order valence-electron chi connectivity index (χ1n) is 4.87. The van der Waals surface area contributed by atoms with Crippen molar-refractivity contribution in [2.45, 2.75) is 38.2 Å². The molecule has 0 spiro atoms. The molecule has 1 saturated carbocycles. The van der Waals surface area contributed by atoms with E-state index in [1.165, 1.54) is 20.0 Å². The van der Waals surface area contributed by atoms with Crippen LogP contribution in [-0.4, -0.2) is 26.3 Å². The molecule has 0 amide bonds. The highest BCUT2D eigenvalue weighted by atomic mass is 16.5. The summed E-state index contributed by atoms with van der Waals surface area (Å²) in [5.41, 5.74) is 0. The normalized spacial score (nSPS) is 27.5. The summed E-state index contributed by atoms with van der Waals surface area (Å²) >= 11 is 0. The second-order valence-corrected chi connectivity index (χ2v) is 3.58. The van der Waals surface area contributed by atoms with Crippen LogP contribution in [0.1, 0.15) is 32.1 Å². The Morgan fingerprint density at radius 2 is 2.15 bits per heavy atom. The summed E-state index contributed by atoms with van der Waals surface area (Å²) in [6.45, 7) is 0. The number of esters is 1. The topological polar surface area (TPSA) is 35.5 Å². The van der Waals surface area contributed by atoms with E-state index in [0.29, 0.717) is 18.4 Å². The van der Waals surface area contributed by atoms with Gasteiger partial charge in [-0.1, -0.05) is 6.42 Å². The van der Waals surface area contributed by atoms with E-state index in [0.717, 1.165) is 12.8 Å². The van der Waals surface area contributed by atoms with Crippen molar-refractivity contribution in [1.82, 2.24) is 0 Å². The summed E-state index contributed by atoms with van der Waals surface area (Å²) in [5.74, 6) is 0.450. The lowest BCUT2D eigenvalue weighted by Crippen LogP contribution is -2.17. The van der Waals surface area contributed by atoms with Crippen molar-refractivity contribution in [3.8, 4) is 0 Å². The minimum absolute atomic E-state index is 0.109. The van der Waals surface area contributed by atoms with E-state index in [-0.39, 0.29) is 5.97 Å². The second kappa shape index (κ2) is 5.22. The van der Waals surface area contributed by atoms with Crippen LogP contribution >= 0.6 is 0 Å². The van der Waals surface area contributed by atoms with Gasteiger partial charge in [0.25, 0.3) is 0 Å². The van der Waals surface area contributed by atoms with E-state index in [1.807, 2.05) is 0 Å². The maximum Gasteiger partial charge on any atom is 0.305 e. The molecule has 1 rings (SSSR count). The van der Waals surface area contributed by atoms with Crippen LogP contribution in [0.2, 0.25) is 0 Å². The number of ether oxygens (including phenoxy) is 2. The monoisotopic (exact) mass is 186 g/mol. The van der Waals surface area contributed by atoms with E-state index >= 15 is 0 Å². The van der Waals surface area contributed by atoms with Crippen LogP contribution in [0.4, 0.5) is 0 Å². The Labute approximate surface area is 79.4 Å². The van der Waals surface area contributed by atoms with E-state index in [2.05, 4.69) is 4.74 Å². The fourth-order valence-electron chi connectivity index (χ4n) is 2.05. The zero-order valence-electron chi connectivity index (χ0n) is 8.41. The van der Waals surface area contributed by atoms with Gasteiger partial charge in [-0.2, -0.15) is 0 Å². The molecule has 0 unspecified atom stereocenters. The van der Waals surface area contributed by atoms with Crippen molar-refractivity contribution in [1.29, 1.82) is 0 Å². The number of carbonyl (C=O) groups excluding carboxylic acids is 1. The van der Waals surface area contributed by atoms with E-state index < -0.39 is 0 Å². The van der Waals surface area contributed by atoms with Crippen molar-refractivity contribution < 1.29 is 14.3 Å². The molecule has 1 aliphatic carbocycles. The Hall–Kier alpha value is -0.570. The predicted molar refractivity (Wildman–Crippen MR) is 49.4 cm³/mol. The standard InChI is InChI=1S/C10H18O3/c1-12-9-5-3-4-8(9)6-7-10(11)13-2/h8-9H,3-7H2,1-2H3/t8-,9+/m0/s1. The van der Waals surface area contributed by atoms with E-state index in [9.17, 15) is 4.79 Å². The number of carbonyl (C=O) groups is 1. The number of hydrogen-bond acceptors (Lipinski definition) is 3. The average molecular weight is 186 g/mol. The van der Waals surface area contributed by atoms with Crippen molar-refractivity contribution in [2.75, 3.05) is 14.2 Å². The number of hydrogen-bond donors (Lipinski definition) is 0. The second-order valence-electron chi connectivity index (χ2n) is 3.58. The summed E-state index contributed by atoms with van der Waals surface area (Å²) in [4.78, 5) is 10.9. The minimum Gasteiger partial charge on any atom is -0.469 e. The molecule has 0 N–H and O–H groups in total. The van der Waals surface area contributed by atoms with Gasteiger partial charge in [-0.05, 0) is 25.2 Å². The van der Waals surface area contributed by atoms with Crippen LogP contribution in [0.25, 0.3) is 0 Å². The Kier molecular flexibility index (Phi) is 4.22. The SMILES string of the molecule is COC(=O)CC[C@@H]1CCC[C@H]1OC. The highest BCUT2D eigenvalue weighted by molar-refractivity contribution is 5.69. The summed E-state index contributed by atoms with van der Waals surface area (Å²) in [6, 6.07) is 0. The third-order valence-electron chi connectivity index (χ3n) is 2.84. The van der Waals surface area contributed by atoms with Crippen LogP contribution in [-0.2, 0) is 14.3 Å². The average Bonchev–Trinajstić information content (AvgIpc) is 2.61. The lowest BCUT2D eigenvalue weighted by Gasteiger charge is -2.16. The molecule has 0 aromatic rings. The molecule has 0 aromatic carbocycles. The van der Waals surface area contributed by atoms with Gasteiger partial charge < -0.3 is 9.47 Å². The summed E-state index contributed by atoms with van der Waals surface area (Å²) < 4.78 is 9.94. The van der Waals surface area contributed by atoms with Crippen molar-refractivity contribution in [2.24, 2.45) is 5.92 Å². The largest absolute Gasteiger partial charge is 0.469 e. The van der Waals surface area contributed by atoms with E-state index in [1.54, 1.807) is 7.11 Å². The first kappa shape index (κ1) is 10.5. The third kappa shape index (κ3) is 2.99. The molecule has 0 heterocycles. The van der Waals surface area contributed by atoms with Gasteiger partial charge in [0.1, 0.15) is 0 Å². The zero-order valence-corrected chi connectivity index (χ0v) is 8.41. The van der Waals surface area contributed by atoms with Crippen molar-refractivity contribution in [3.63, 3.8) is 0 Å². The molecule has 76 valence electrons. The van der Waals surface area contributed by atoms with Gasteiger partial charge in [-0.3, -0.25) is 4.79 Å². The van der Waals surface area contributed by atoms with Gasteiger partial charge in [0.2, 0.25) is 0 Å². The lowest BCUT2D eigenvalue weighted by atomic mass is 10.00. The first-order chi connectivity index (χ1) is 6.27. The molecular weight excluding hydrogens is 168 g/mol. The van der Waals surface area contributed by atoms with Crippen LogP contribution < -0.4 is 0 Å². The molecule has 3 heteroatoms. The molecule has 0 aliphatic heterocycles. The van der Waals surface area contributed by atoms with Gasteiger partial charge in [-0.15, -0.1) is 0 Å². The molecule has 0 aromatic heterocycles. The van der Waals surface area contributed by atoms with Gasteiger partial charge in [-0.25, -0.2) is 0 Å². The van der Waals surface area contributed by atoms with Crippen LogP contribution in [0.15, 0.2) is 0 Å². The lowest BCUT2D eigenvalue weighted by molar-refractivity contribution is -0.141. The van der Waals surface area contributed by atoms with Gasteiger partial charge in [0.05, 0.1) is 13.2 Å². The quantitative estimate of drug-likeness (QED) is 0.627. The van der Waals surface area contributed by atoms with Gasteiger partial charge in [0.15, 0.2) is 0 Å². The Morgan fingerprint density at radius 3 is 2.77 bits per heavy atom. The summed E-state index contributed by atoms with van der Waals surface area (Å²) in [7, 11) is 3.19. The molecule has 3 nitrogen and oxygen atoms in total. The predicted octanol–water partition coefficient (Wildman–Crippen LogP) is 1.75. The van der Waals surface area contributed by atoms with Gasteiger partial charge in [0, 0.05) is 13.5 Å². The third-order valence-corrected chi connectivity index (χ3v) is 2.84. The van der Waals surface area contributed by atoms with Crippen molar-refractivity contribution >= 4 is 5.97 Å². The highest BCUT2D eigenvalue weighted by Gasteiger charge is 2.27. The molecule has 0 bridgehead atoms. The number of rotatable bonds is 4. The molecule has 0 saturated heterocycles. The van der Waals surface area contributed by atoms with Crippen LogP contribution in [0.3, 0.4) is 0 Å². The van der Waals surface area contributed by atoms with Gasteiger partial charge >= 0.3 is 5.97 Å². The van der Waals surface area contributed by atoms with Crippen LogP contribution in [0.5, 0.6) is 0 Å².